The van der Waals surface area contributed by atoms with E-state index in [9.17, 15) is 4.79 Å². The Kier molecular flexibility index (Phi) is 8.42. The van der Waals surface area contributed by atoms with Crippen molar-refractivity contribution in [3.63, 3.8) is 0 Å². The van der Waals surface area contributed by atoms with Crippen molar-refractivity contribution in [2.24, 2.45) is 0 Å². The van der Waals surface area contributed by atoms with Crippen LogP contribution in [0, 0.1) is 0 Å². The van der Waals surface area contributed by atoms with Crippen LogP contribution in [0.3, 0.4) is 0 Å². The number of aryl methyl sites for hydroxylation is 1. The molecule has 0 aromatic heterocycles. The third-order valence-electron chi connectivity index (χ3n) is 4.75. The molecule has 0 spiro atoms. The quantitative estimate of drug-likeness (QED) is 0.430. The third-order valence-corrected chi connectivity index (χ3v) is 4.75. The zero-order valence-corrected chi connectivity index (χ0v) is 15.7. The molecule has 1 aliphatic heterocycles. The molecule has 0 bridgehead atoms. The molecule has 1 aliphatic rings. The molecule has 0 amide bonds. The number of aldehydes is 1. The second kappa shape index (κ2) is 10.6. The van der Waals surface area contributed by atoms with Crippen LogP contribution >= 0.6 is 0 Å². The van der Waals surface area contributed by atoms with E-state index in [2.05, 4.69) is 6.07 Å². The Morgan fingerprint density at radius 1 is 1.28 bits per heavy atom. The molecule has 2 unspecified atom stereocenters. The van der Waals surface area contributed by atoms with E-state index in [0.29, 0.717) is 6.42 Å². The molecule has 25 heavy (non-hydrogen) atoms. The molecular weight excluding hydrogens is 316 g/mol. The summed E-state index contributed by atoms with van der Waals surface area (Å²) in [6, 6.07) is 8.07. The van der Waals surface area contributed by atoms with Crippen LogP contribution in [0.25, 0.3) is 0 Å². The smallest absolute Gasteiger partial charge is 0.163 e. The first kappa shape index (κ1) is 19.9. The number of hydrogen-bond acceptors (Lipinski definition) is 4. The molecule has 0 N–H and O–H groups in total. The van der Waals surface area contributed by atoms with E-state index in [1.54, 1.807) is 0 Å². The van der Waals surface area contributed by atoms with Gasteiger partial charge in [-0.15, -0.1) is 0 Å². The summed E-state index contributed by atoms with van der Waals surface area (Å²) in [5.41, 5.74) is 0.510. The summed E-state index contributed by atoms with van der Waals surface area (Å²) in [6.45, 7) is 5.40. The Balaban J connectivity index is 1.65. The molecule has 0 radical (unpaired) electrons. The SMILES string of the molecule is CCC(C)(C=O)Oc1cccc(CCCCCOC2CCCCO2)c1. The highest BCUT2D eigenvalue weighted by atomic mass is 16.7. The topological polar surface area (TPSA) is 44.8 Å². The number of unbranched alkanes of at least 4 members (excludes halogenated alkanes) is 2. The molecule has 1 aromatic carbocycles. The number of ether oxygens (including phenoxy) is 3. The molecule has 140 valence electrons. The van der Waals surface area contributed by atoms with Gasteiger partial charge in [0, 0.05) is 13.2 Å². The lowest BCUT2D eigenvalue weighted by Crippen LogP contribution is -2.33. The van der Waals surface area contributed by atoms with Crippen molar-refractivity contribution in [2.45, 2.75) is 77.1 Å². The highest BCUT2D eigenvalue weighted by Gasteiger charge is 2.23. The normalized spacial score (nSPS) is 20.0. The Bertz CT molecular complexity index is 510. The van der Waals surface area contributed by atoms with E-state index < -0.39 is 5.60 Å². The van der Waals surface area contributed by atoms with Crippen molar-refractivity contribution in [2.75, 3.05) is 13.2 Å². The summed E-state index contributed by atoms with van der Waals surface area (Å²) in [7, 11) is 0. The van der Waals surface area contributed by atoms with Gasteiger partial charge in [0.25, 0.3) is 0 Å². The zero-order chi connectivity index (χ0) is 18.0. The molecule has 4 nitrogen and oxygen atoms in total. The Morgan fingerprint density at radius 2 is 2.16 bits per heavy atom. The lowest BCUT2D eigenvalue weighted by Gasteiger charge is -2.23. The first-order valence-electron chi connectivity index (χ1n) is 9.63. The molecule has 2 atom stereocenters. The van der Waals surface area contributed by atoms with Gasteiger partial charge in [-0.2, -0.15) is 0 Å². The van der Waals surface area contributed by atoms with Crippen LogP contribution in [0.15, 0.2) is 24.3 Å². The van der Waals surface area contributed by atoms with E-state index in [4.69, 9.17) is 14.2 Å². The molecule has 1 saturated heterocycles. The van der Waals surface area contributed by atoms with Gasteiger partial charge in [-0.3, -0.25) is 4.79 Å². The van der Waals surface area contributed by atoms with Crippen molar-refractivity contribution >= 4 is 6.29 Å². The van der Waals surface area contributed by atoms with Crippen molar-refractivity contribution in [3.05, 3.63) is 29.8 Å². The minimum atomic E-state index is -0.739. The van der Waals surface area contributed by atoms with Gasteiger partial charge in [0.1, 0.15) is 5.75 Å². The molecule has 1 heterocycles. The van der Waals surface area contributed by atoms with Gasteiger partial charge < -0.3 is 14.2 Å². The molecule has 1 aromatic rings. The molecule has 0 saturated carbocycles. The fourth-order valence-electron chi connectivity index (χ4n) is 2.88. The highest BCUT2D eigenvalue weighted by Crippen LogP contribution is 2.22. The number of benzene rings is 1. The van der Waals surface area contributed by atoms with Crippen molar-refractivity contribution in [1.82, 2.24) is 0 Å². The first-order chi connectivity index (χ1) is 12.1. The maximum absolute atomic E-state index is 11.2. The zero-order valence-electron chi connectivity index (χ0n) is 15.7. The van der Waals surface area contributed by atoms with E-state index in [1.165, 1.54) is 12.0 Å². The summed E-state index contributed by atoms with van der Waals surface area (Å²) < 4.78 is 17.2. The van der Waals surface area contributed by atoms with Crippen LogP contribution < -0.4 is 4.74 Å². The van der Waals surface area contributed by atoms with E-state index in [0.717, 1.165) is 63.8 Å². The van der Waals surface area contributed by atoms with E-state index in [1.807, 2.05) is 32.0 Å². The first-order valence-corrected chi connectivity index (χ1v) is 9.63. The van der Waals surface area contributed by atoms with Gasteiger partial charge >= 0.3 is 0 Å². The summed E-state index contributed by atoms with van der Waals surface area (Å²) in [4.78, 5) is 11.2. The van der Waals surface area contributed by atoms with Gasteiger partial charge in [0.15, 0.2) is 18.2 Å². The number of rotatable bonds is 11. The molecule has 4 heteroatoms. The Labute approximate surface area is 151 Å². The fraction of sp³-hybridized carbons (Fsp3) is 0.667. The van der Waals surface area contributed by atoms with Gasteiger partial charge in [-0.25, -0.2) is 0 Å². The Hall–Kier alpha value is -1.39. The predicted molar refractivity (Wildman–Crippen MR) is 98.9 cm³/mol. The minimum Gasteiger partial charge on any atom is -0.480 e. The van der Waals surface area contributed by atoms with Crippen molar-refractivity contribution in [1.29, 1.82) is 0 Å². The summed E-state index contributed by atoms with van der Waals surface area (Å²) in [5, 5.41) is 0. The van der Waals surface area contributed by atoms with Crippen LogP contribution in [0.4, 0.5) is 0 Å². The molecule has 2 rings (SSSR count). The number of carbonyl (C=O) groups is 1. The lowest BCUT2D eigenvalue weighted by atomic mass is 10.0. The average molecular weight is 348 g/mol. The second-order valence-corrected chi connectivity index (χ2v) is 7.01. The molecule has 1 fully saturated rings. The third kappa shape index (κ3) is 7.17. The maximum Gasteiger partial charge on any atom is 0.163 e. The maximum atomic E-state index is 11.2. The van der Waals surface area contributed by atoms with Gasteiger partial charge in [-0.05, 0) is 69.6 Å². The predicted octanol–water partition coefficient (Wildman–Crippen LogP) is 4.69. The second-order valence-electron chi connectivity index (χ2n) is 7.01. The van der Waals surface area contributed by atoms with Gasteiger partial charge in [0.05, 0.1) is 0 Å². The van der Waals surface area contributed by atoms with E-state index in [-0.39, 0.29) is 6.29 Å². The summed E-state index contributed by atoms with van der Waals surface area (Å²) in [6.07, 6.45) is 9.31. The molecule has 0 aliphatic carbocycles. The average Bonchev–Trinajstić information content (AvgIpc) is 2.65. The summed E-state index contributed by atoms with van der Waals surface area (Å²) >= 11 is 0. The van der Waals surface area contributed by atoms with Crippen LogP contribution in [-0.4, -0.2) is 31.4 Å². The number of hydrogen-bond donors (Lipinski definition) is 0. The fourth-order valence-corrected chi connectivity index (χ4v) is 2.88. The van der Waals surface area contributed by atoms with Crippen LogP contribution in [0.5, 0.6) is 5.75 Å². The Morgan fingerprint density at radius 3 is 2.88 bits per heavy atom. The standard InChI is InChI=1S/C21H32O4/c1-3-21(2,17-22)25-19-12-9-11-18(16-19)10-5-4-7-14-23-20-13-6-8-15-24-20/h9,11-12,16-17,20H,3-8,10,13-15H2,1-2H3. The van der Waals surface area contributed by atoms with Crippen molar-refractivity contribution in [3.8, 4) is 5.75 Å². The number of carbonyl (C=O) groups excluding carboxylic acids is 1. The van der Waals surface area contributed by atoms with Gasteiger partial charge in [-0.1, -0.05) is 25.5 Å². The van der Waals surface area contributed by atoms with Crippen LogP contribution in [0.1, 0.15) is 64.4 Å². The minimum absolute atomic E-state index is 0.0216. The van der Waals surface area contributed by atoms with Crippen LogP contribution in [0.2, 0.25) is 0 Å². The lowest BCUT2D eigenvalue weighted by molar-refractivity contribution is -0.162. The van der Waals surface area contributed by atoms with Crippen molar-refractivity contribution < 1.29 is 19.0 Å². The highest BCUT2D eigenvalue weighted by molar-refractivity contribution is 5.62. The van der Waals surface area contributed by atoms with Crippen LogP contribution in [-0.2, 0) is 20.7 Å². The summed E-state index contributed by atoms with van der Waals surface area (Å²) in [5.74, 6) is 0.770. The molecular formula is C21H32O4. The van der Waals surface area contributed by atoms with E-state index >= 15 is 0 Å². The monoisotopic (exact) mass is 348 g/mol. The van der Waals surface area contributed by atoms with Gasteiger partial charge in [0.2, 0.25) is 0 Å². The largest absolute Gasteiger partial charge is 0.480 e.